The summed E-state index contributed by atoms with van der Waals surface area (Å²) in [4.78, 5) is 10.3. The number of anilines is 2. The molecule has 0 unspecified atom stereocenters. The van der Waals surface area contributed by atoms with Gasteiger partial charge in [-0.05, 0) is 17.7 Å². The van der Waals surface area contributed by atoms with E-state index in [2.05, 4.69) is 15.3 Å². The molecule has 0 saturated carbocycles. The summed E-state index contributed by atoms with van der Waals surface area (Å²) in [7, 11) is 3.90. The van der Waals surface area contributed by atoms with E-state index in [1.807, 2.05) is 43.3 Å². The first kappa shape index (κ1) is 12.5. The second kappa shape index (κ2) is 5.24. The SMILES string of the molecule is CN(C)c1cc(NCc2ccc3c(c2)OCO3)ncn1. The molecule has 1 N–H and O–H groups in total. The van der Waals surface area contributed by atoms with Gasteiger partial charge in [-0.1, -0.05) is 6.07 Å². The van der Waals surface area contributed by atoms with Crippen molar-refractivity contribution >= 4 is 11.6 Å². The molecule has 0 fully saturated rings. The van der Waals surface area contributed by atoms with Crippen molar-refractivity contribution in [1.82, 2.24) is 9.97 Å². The summed E-state index contributed by atoms with van der Waals surface area (Å²) in [5.41, 5.74) is 1.11. The third kappa shape index (κ3) is 2.59. The first-order chi connectivity index (χ1) is 9.72. The molecule has 1 aliphatic rings. The van der Waals surface area contributed by atoms with Crippen molar-refractivity contribution in [3.05, 3.63) is 36.2 Å². The lowest BCUT2D eigenvalue weighted by molar-refractivity contribution is 0.174. The maximum atomic E-state index is 5.36. The molecule has 2 heterocycles. The zero-order valence-corrected chi connectivity index (χ0v) is 11.5. The minimum absolute atomic E-state index is 0.296. The molecule has 2 aromatic rings. The molecule has 1 aliphatic heterocycles. The monoisotopic (exact) mass is 272 g/mol. The van der Waals surface area contributed by atoms with E-state index >= 15 is 0 Å². The Morgan fingerprint density at radius 2 is 2.00 bits per heavy atom. The van der Waals surface area contributed by atoms with Crippen molar-refractivity contribution in [3.63, 3.8) is 0 Å². The van der Waals surface area contributed by atoms with E-state index in [9.17, 15) is 0 Å². The summed E-state index contributed by atoms with van der Waals surface area (Å²) in [5, 5.41) is 3.27. The van der Waals surface area contributed by atoms with Crippen molar-refractivity contribution < 1.29 is 9.47 Å². The highest BCUT2D eigenvalue weighted by molar-refractivity contribution is 5.49. The summed E-state index contributed by atoms with van der Waals surface area (Å²) in [6, 6.07) is 7.81. The van der Waals surface area contributed by atoms with Gasteiger partial charge in [0.25, 0.3) is 0 Å². The molecule has 20 heavy (non-hydrogen) atoms. The van der Waals surface area contributed by atoms with E-state index in [1.54, 1.807) is 6.33 Å². The third-order valence-electron chi connectivity index (χ3n) is 3.02. The van der Waals surface area contributed by atoms with Gasteiger partial charge in [0.15, 0.2) is 11.5 Å². The van der Waals surface area contributed by atoms with Crippen LogP contribution in [0.2, 0.25) is 0 Å². The normalized spacial score (nSPS) is 12.3. The molecule has 0 aliphatic carbocycles. The number of hydrogen-bond donors (Lipinski definition) is 1. The van der Waals surface area contributed by atoms with Crippen LogP contribution in [0.4, 0.5) is 11.6 Å². The number of rotatable bonds is 4. The standard InChI is InChI=1S/C14H16N4O2/c1-18(2)14-6-13(16-8-17-14)15-7-10-3-4-11-12(5-10)20-9-19-11/h3-6,8H,7,9H2,1-2H3,(H,15,16,17). The lowest BCUT2D eigenvalue weighted by atomic mass is 10.2. The van der Waals surface area contributed by atoms with Crippen LogP contribution in [0.25, 0.3) is 0 Å². The number of ether oxygens (including phenoxy) is 2. The van der Waals surface area contributed by atoms with Crippen molar-refractivity contribution in [2.45, 2.75) is 6.54 Å². The summed E-state index contributed by atoms with van der Waals surface area (Å²) in [6.07, 6.45) is 1.55. The van der Waals surface area contributed by atoms with Crippen LogP contribution in [0.3, 0.4) is 0 Å². The Morgan fingerprint density at radius 1 is 1.15 bits per heavy atom. The number of nitrogens with zero attached hydrogens (tertiary/aromatic N) is 3. The molecule has 1 aromatic carbocycles. The summed E-state index contributed by atoms with van der Waals surface area (Å²) in [5.74, 6) is 3.25. The Morgan fingerprint density at radius 3 is 2.85 bits per heavy atom. The molecular formula is C14H16N4O2. The van der Waals surface area contributed by atoms with Crippen molar-refractivity contribution in [3.8, 4) is 11.5 Å². The van der Waals surface area contributed by atoms with Gasteiger partial charge in [0, 0.05) is 26.7 Å². The van der Waals surface area contributed by atoms with Gasteiger partial charge in [0.1, 0.15) is 18.0 Å². The minimum Gasteiger partial charge on any atom is -0.454 e. The van der Waals surface area contributed by atoms with Gasteiger partial charge in [0.05, 0.1) is 0 Å². The molecule has 0 amide bonds. The van der Waals surface area contributed by atoms with Gasteiger partial charge >= 0.3 is 0 Å². The van der Waals surface area contributed by atoms with Crippen LogP contribution in [0.1, 0.15) is 5.56 Å². The molecule has 0 atom stereocenters. The summed E-state index contributed by atoms with van der Waals surface area (Å²) in [6.45, 7) is 0.963. The fourth-order valence-corrected chi connectivity index (χ4v) is 1.93. The lowest BCUT2D eigenvalue weighted by Crippen LogP contribution is -2.11. The Balaban J connectivity index is 1.69. The third-order valence-corrected chi connectivity index (χ3v) is 3.02. The Kier molecular flexibility index (Phi) is 3.28. The Labute approximate surface area is 117 Å². The second-order valence-corrected chi connectivity index (χ2v) is 4.70. The highest BCUT2D eigenvalue weighted by atomic mass is 16.7. The van der Waals surface area contributed by atoms with Crippen LogP contribution < -0.4 is 19.7 Å². The van der Waals surface area contributed by atoms with E-state index < -0.39 is 0 Å². The molecule has 6 heteroatoms. The average molecular weight is 272 g/mol. The van der Waals surface area contributed by atoms with Gasteiger partial charge in [-0.2, -0.15) is 0 Å². The topological polar surface area (TPSA) is 59.5 Å². The molecule has 1 aromatic heterocycles. The summed E-state index contributed by atoms with van der Waals surface area (Å²) < 4.78 is 10.6. The van der Waals surface area contributed by atoms with Crippen molar-refractivity contribution in [2.75, 3.05) is 31.1 Å². The number of hydrogen-bond acceptors (Lipinski definition) is 6. The molecule has 0 radical (unpaired) electrons. The summed E-state index contributed by atoms with van der Waals surface area (Å²) >= 11 is 0. The highest BCUT2D eigenvalue weighted by Gasteiger charge is 2.13. The zero-order valence-electron chi connectivity index (χ0n) is 11.5. The maximum Gasteiger partial charge on any atom is 0.231 e. The fourth-order valence-electron chi connectivity index (χ4n) is 1.93. The van der Waals surface area contributed by atoms with Crippen LogP contribution >= 0.6 is 0 Å². The van der Waals surface area contributed by atoms with Gasteiger partial charge in [-0.25, -0.2) is 9.97 Å². The first-order valence-electron chi connectivity index (χ1n) is 6.34. The quantitative estimate of drug-likeness (QED) is 0.917. The predicted octanol–water partition coefficient (Wildman–Crippen LogP) is 1.88. The molecule has 0 bridgehead atoms. The molecule has 104 valence electrons. The van der Waals surface area contributed by atoms with Gasteiger partial charge in [-0.15, -0.1) is 0 Å². The molecular weight excluding hydrogens is 256 g/mol. The smallest absolute Gasteiger partial charge is 0.231 e. The van der Waals surface area contributed by atoms with E-state index in [1.165, 1.54) is 0 Å². The maximum absolute atomic E-state index is 5.36. The van der Waals surface area contributed by atoms with Crippen LogP contribution in [0.5, 0.6) is 11.5 Å². The van der Waals surface area contributed by atoms with E-state index in [-0.39, 0.29) is 0 Å². The number of benzene rings is 1. The Hall–Kier alpha value is -2.50. The molecule has 3 rings (SSSR count). The van der Waals surface area contributed by atoms with Crippen LogP contribution in [-0.4, -0.2) is 30.9 Å². The number of aromatic nitrogens is 2. The van der Waals surface area contributed by atoms with E-state index in [4.69, 9.17) is 9.47 Å². The first-order valence-corrected chi connectivity index (χ1v) is 6.34. The number of nitrogens with one attached hydrogen (secondary N) is 1. The van der Waals surface area contributed by atoms with Crippen LogP contribution in [0.15, 0.2) is 30.6 Å². The predicted molar refractivity (Wildman–Crippen MR) is 76.3 cm³/mol. The van der Waals surface area contributed by atoms with Crippen LogP contribution in [-0.2, 0) is 6.54 Å². The molecule has 6 nitrogen and oxygen atoms in total. The van der Waals surface area contributed by atoms with Crippen LogP contribution in [0, 0.1) is 0 Å². The van der Waals surface area contributed by atoms with Crippen molar-refractivity contribution in [2.24, 2.45) is 0 Å². The highest BCUT2D eigenvalue weighted by Crippen LogP contribution is 2.32. The second-order valence-electron chi connectivity index (χ2n) is 4.70. The minimum atomic E-state index is 0.296. The zero-order chi connectivity index (χ0) is 13.9. The van der Waals surface area contributed by atoms with Crippen molar-refractivity contribution in [1.29, 1.82) is 0 Å². The van der Waals surface area contributed by atoms with E-state index in [0.717, 1.165) is 28.7 Å². The van der Waals surface area contributed by atoms with Gasteiger partial charge in [0.2, 0.25) is 6.79 Å². The van der Waals surface area contributed by atoms with Gasteiger partial charge < -0.3 is 19.7 Å². The largest absolute Gasteiger partial charge is 0.454 e. The Bertz CT molecular complexity index is 616. The van der Waals surface area contributed by atoms with Gasteiger partial charge in [-0.3, -0.25) is 0 Å². The molecule has 0 saturated heterocycles. The van der Waals surface area contributed by atoms with E-state index in [0.29, 0.717) is 13.3 Å². The molecule has 0 spiro atoms. The lowest BCUT2D eigenvalue weighted by Gasteiger charge is -2.12. The fraction of sp³-hybridized carbons (Fsp3) is 0.286. The number of fused-ring (bicyclic) bond motifs is 1. The average Bonchev–Trinajstić information content (AvgIpc) is 2.93.